The van der Waals surface area contributed by atoms with Crippen LogP contribution in [0.5, 0.6) is 5.88 Å². The molecule has 3 aromatic carbocycles. The molecule has 1 unspecified atom stereocenters. The molecule has 3 heterocycles. The normalized spacial score (nSPS) is 14.3. The van der Waals surface area contributed by atoms with Gasteiger partial charge in [0.15, 0.2) is 0 Å². The van der Waals surface area contributed by atoms with Crippen LogP contribution >= 0.6 is 0 Å². The summed E-state index contributed by atoms with van der Waals surface area (Å²) in [5.41, 5.74) is 0.271. The minimum Gasteiger partial charge on any atom is -0.478 e. The number of imidazole rings is 1. The van der Waals surface area contributed by atoms with Crippen LogP contribution in [0, 0.1) is 34.6 Å². The molecule has 8 nitrogen and oxygen atoms in total. The van der Waals surface area contributed by atoms with Crippen LogP contribution in [0.3, 0.4) is 0 Å². The predicted octanol–water partition coefficient (Wildman–Crippen LogP) is 6.18. The van der Waals surface area contributed by atoms with E-state index in [0.717, 1.165) is 30.7 Å². The second-order valence-electron chi connectivity index (χ2n) is 10.2. The molecule has 1 N–H and O–H groups in total. The monoisotopic (exact) mass is 602 g/mol. The van der Waals surface area contributed by atoms with Crippen LogP contribution in [0.15, 0.2) is 60.7 Å². The second-order valence-corrected chi connectivity index (χ2v) is 10.2. The van der Waals surface area contributed by atoms with Crippen molar-refractivity contribution in [3.63, 3.8) is 0 Å². The van der Waals surface area contributed by atoms with E-state index in [2.05, 4.69) is 9.97 Å². The molecule has 0 radical (unpaired) electrons. The lowest BCUT2D eigenvalue weighted by molar-refractivity contribution is -0.0589. The molecular formula is C32H22F4N4O4. The first-order valence-corrected chi connectivity index (χ1v) is 13.5. The van der Waals surface area contributed by atoms with Crippen molar-refractivity contribution < 1.29 is 36.9 Å². The largest absolute Gasteiger partial charge is 0.478 e. The SMILES string of the molecule is N#Cc1ccc(COc2cccc(-c3cc(F)c(Cc4nc5cc(F)c(C(=O)O)cc5n4CC4CCO4)cc3F)n2)c(F)c1. The molecule has 222 valence electrons. The third-order valence-electron chi connectivity index (χ3n) is 7.37. The number of fused-ring (bicyclic) bond motifs is 1. The van der Waals surface area contributed by atoms with E-state index >= 15 is 8.78 Å². The number of carbonyl (C=O) groups is 1. The van der Waals surface area contributed by atoms with Crippen molar-refractivity contribution in [3.8, 4) is 23.2 Å². The highest BCUT2D eigenvalue weighted by atomic mass is 19.1. The molecule has 2 aromatic heterocycles. The number of hydrogen-bond donors (Lipinski definition) is 1. The van der Waals surface area contributed by atoms with Crippen LogP contribution in [0.4, 0.5) is 17.6 Å². The van der Waals surface area contributed by atoms with Crippen LogP contribution in [0.1, 0.15) is 39.3 Å². The molecule has 6 rings (SSSR count). The Morgan fingerprint density at radius 3 is 2.50 bits per heavy atom. The van der Waals surface area contributed by atoms with Gasteiger partial charge in [0, 0.05) is 36.3 Å². The first kappa shape index (κ1) is 28.8. The lowest BCUT2D eigenvalue weighted by Gasteiger charge is -2.27. The Morgan fingerprint density at radius 2 is 1.80 bits per heavy atom. The fraction of sp³-hybridized carbons (Fsp3) is 0.188. The molecule has 44 heavy (non-hydrogen) atoms. The zero-order valence-electron chi connectivity index (χ0n) is 22.9. The van der Waals surface area contributed by atoms with Gasteiger partial charge in [-0.15, -0.1) is 0 Å². The van der Waals surface area contributed by atoms with Crippen LogP contribution < -0.4 is 4.74 Å². The van der Waals surface area contributed by atoms with Crippen molar-refractivity contribution in [2.45, 2.75) is 32.1 Å². The fourth-order valence-electron chi connectivity index (χ4n) is 4.95. The van der Waals surface area contributed by atoms with Gasteiger partial charge in [-0.2, -0.15) is 5.26 Å². The van der Waals surface area contributed by atoms with Crippen LogP contribution in [0.2, 0.25) is 0 Å². The number of hydrogen-bond acceptors (Lipinski definition) is 6. The molecule has 1 saturated heterocycles. The van der Waals surface area contributed by atoms with Crippen molar-refractivity contribution in [3.05, 3.63) is 112 Å². The molecule has 0 spiro atoms. The average molecular weight is 603 g/mol. The maximum atomic E-state index is 15.4. The molecule has 0 aliphatic carbocycles. The summed E-state index contributed by atoms with van der Waals surface area (Å²) in [6, 6.07) is 14.5. The molecule has 5 aromatic rings. The minimum absolute atomic E-state index is 0.0278. The van der Waals surface area contributed by atoms with Crippen molar-refractivity contribution >= 4 is 17.0 Å². The summed E-state index contributed by atoms with van der Waals surface area (Å²) in [5, 5.41) is 18.3. The van der Waals surface area contributed by atoms with Gasteiger partial charge in [0.2, 0.25) is 5.88 Å². The molecular weight excluding hydrogens is 580 g/mol. The Hall–Kier alpha value is -5.28. The Kier molecular flexibility index (Phi) is 7.71. The number of carboxylic acids is 1. The third-order valence-corrected chi connectivity index (χ3v) is 7.37. The van der Waals surface area contributed by atoms with Gasteiger partial charge in [-0.25, -0.2) is 32.3 Å². The lowest BCUT2D eigenvalue weighted by Crippen LogP contribution is -2.31. The molecule has 1 atom stereocenters. The number of rotatable bonds is 9. The zero-order valence-corrected chi connectivity index (χ0v) is 22.9. The van der Waals surface area contributed by atoms with E-state index in [-0.39, 0.29) is 70.8 Å². The van der Waals surface area contributed by atoms with Gasteiger partial charge >= 0.3 is 5.97 Å². The Labute approximate surface area is 247 Å². The maximum Gasteiger partial charge on any atom is 0.338 e. The Morgan fingerprint density at radius 1 is 1.00 bits per heavy atom. The van der Waals surface area contributed by atoms with E-state index < -0.39 is 34.8 Å². The number of carboxylic acid groups (broad SMARTS) is 1. The molecule has 1 aliphatic heterocycles. The number of nitriles is 1. The summed E-state index contributed by atoms with van der Waals surface area (Å²) in [6.45, 7) is 0.645. The van der Waals surface area contributed by atoms with E-state index in [9.17, 15) is 18.7 Å². The Balaban J connectivity index is 1.27. The summed E-state index contributed by atoms with van der Waals surface area (Å²) in [4.78, 5) is 20.2. The van der Waals surface area contributed by atoms with E-state index in [1.807, 2.05) is 6.07 Å². The van der Waals surface area contributed by atoms with Gasteiger partial charge < -0.3 is 19.1 Å². The molecule has 0 saturated carbocycles. The molecule has 0 bridgehead atoms. The van der Waals surface area contributed by atoms with Gasteiger partial charge in [0.1, 0.15) is 35.7 Å². The molecule has 12 heteroatoms. The van der Waals surface area contributed by atoms with Gasteiger partial charge in [0.05, 0.1) is 46.6 Å². The summed E-state index contributed by atoms with van der Waals surface area (Å²) in [7, 11) is 0. The molecule has 1 aliphatic rings. The van der Waals surface area contributed by atoms with Gasteiger partial charge in [-0.3, -0.25) is 0 Å². The van der Waals surface area contributed by atoms with Gasteiger partial charge in [-0.1, -0.05) is 12.1 Å². The fourth-order valence-corrected chi connectivity index (χ4v) is 4.95. The number of pyridine rings is 1. The minimum atomic E-state index is -1.44. The third kappa shape index (κ3) is 5.69. The van der Waals surface area contributed by atoms with Crippen LogP contribution in [0.25, 0.3) is 22.3 Å². The first-order valence-electron chi connectivity index (χ1n) is 13.5. The quantitative estimate of drug-likeness (QED) is 0.201. The summed E-state index contributed by atoms with van der Waals surface area (Å²) in [5.74, 6) is -4.19. The maximum absolute atomic E-state index is 15.4. The number of ether oxygens (including phenoxy) is 2. The van der Waals surface area contributed by atoms with Crippen molar-refractivity contribution in [1.29, 1.82) is 5.26 Å². The van der Waals surface area contributed by atoms with E-state index in [1.54, 1.807) is 4.57 Å². The number of nitrogens with zero attached hydrogens (tertiary/aromatic N) is 4. The molecule has 1 fully saturated rings. The lowest BCUT2D eigenvalue weighted by atomic mass is 10.0. The summed E-state index contributed by atoms with van der Waals surface area (Å²) < 4.78 is 72.2. The summed E-state index contributed by atoms with van der Waals surface area (Å²) in [6.07, 6.45) is 0.408. The Bertz CT molecular complexity index is 1970. The number of aromatic carboxylic acids is 1. The van der Waals surface area contributed by atoms with E-state index in [1.165, 1.54) is 36.4 Å². The topological polar surface area (TPSA) is 110 Å². The average Bonchev–Trinajstić information content (AvgIpc) is 3.30. The zero-order chi connectivity index (χ0) is 31.0. The summed E-state index contributed by atoms with van der Waals surface area (Å²) >= 11 is 0. The van der Waals surface area contributed by atoms with Crippen LogP contribution in [-0.2, 0) is 24.3 Å². The second kappa shape index (κ2) is 11.8. The van der Waals surface area contributed by atoms with Gasteiger partial charge in [0.25, 0.3) is 0 Å². The van der Waals surface area contributed by atoms with Crippen molar-refractivity contribution in [2.75, 3.05) is 6.61 Å². The van der Waals surface area contributed by atoms with E-state index in [4.69, 9.17) is 14.7 Å². The highest BCUT2D eigenvalue weighted by molar-refractivity contribution is 5.93. The number of halogens is 4. The van der Waals surface area contributed by atoms with E-state index in [0.29, 0.717) is 12.1 Å². The predicted molar refractivity (Wildman–Crippen MR) is 149 cm³/mol. The smallest absolute Gasteiger partial charge is 0.338 e. The standard InChI is InChI=1S/C32H22F4N4O4/c33-23-8-17(14-37)4-5-18(23)16-44-31-3-1-2-27(39-31)21-11-24(34)19(9-25(21)35)10-30-38-28-13-26(36)22(32(41)42)12-29(28)40(30)15-20-6-7-43-20/h1-5,8-9,11-13,20H,6-7,10,15-16H2,(H,41,42). The van der Waals surface area contributed by atoms with Gasteiger partial charge in [-0.05, 0) is 48.4 Å². The van der Waals surface area contributed by atoms with Crippen molar-refractivity contribution in [2.24, 2.45) is 0 Å². The van der Waals surface area contributed by atoms with Crippen LogP contribution in [-0.4, -0.2) is 38.3 Å². The number of aromatic nitrogens is 3. The first-order chi connectivity index (χ1) is 21.2. The number of benzene rings is 3. The highest BCUT2D eigenvalue weighted by Gasteiger charge is 2.25. The molecule has 0 amide bonds. The van der Waals surface area contributed by atoms with Crippen molar-refractivity contribution in [1.82, 2.24) is 14.5 Å². The highest BCUT2D eigenvalue weighted by Crippen LogP contribution is 2.29.